The van der Waals surface area contributed by atoms with Gasteiger partial charge in [-0.25, -0.2) is 0 Å². The molecule has 1 aliphatic rings. The second-order valence-corrected chi connectivity index (χ2v) is 7.54. The van der Waals surface area contributed by atoms with E-state index in [2.05, 4.69) is 0 Å². The standard InChI is InChI=1S/C21H26O11/c1-9(6-22)2-3-11-14(31-21-19(29)18(28)17(27)15(8-24)32-21)5-13(26)16-12(25)4-10(7-23)30-20(11)16/h2,4-5,15,17-19,21-24,26-29H,3,6-8H2,1H3. The Kier molecular flexibility index (Phi) is 7.51. The Morgan fingerprint density at radius 2 is 1.84 bits per heavy atom. The molecule has 2 heterocycles. The Morgan fingerprint density at radius 1 is 1.12 bits per heavy atom. The third-order valence-corrected chi connectivity index (χ3v) is 5.25. The summed E-state index contributed by atoms with van der Waals surface area (Å²) in [6, 6.07) is 2.15. The molecular formula is C21H26O11. The number of ether oxygens (including phenoxy) is 2. The Hall–Kier alpha value is -2.51. The molecule has 0 bridgehead atoms. The van der Waals surface area contributed by atoms with Crippen LogP contribution in [-0.4, -0.2) is 79.7 Å². The van der Waals surface area contributed by atoms with Gasteiger partial charge in [-0.15, -0.1) is 0 Å². The van der Waals surface area contributed by atoms with Gasteiger partial charge in [-0.3, -0.25) is 4.79 Å². The number of allylic oxidation sites excluding steroid dienone is 1. The molecule has 1 fully saturated rings. The van der Waals surface area contributed by atoms with Gasteiger partial charge in [0.25, 0.3) is 0 Å². The highest BCUT2D eigenvalue weighted by molar-refractivity contribution is 5.88. The number of aliphatic hydroxyl groups excluding tert-OH is 6. The van der Waals surface area contributed by atoms with Crippen LogP contribution < -0.4 is 10.2 Å². The highest BCUT2D eigenvalue weighted by atomic mass is 16.7. The van der Waals surface area contributed by atoms with Crippen molar-refractivity contribution in [2.45, 2.75) is 50.7 Å². The number of aliphatic hydroxyl groups is 6. The van der Waals surface area contributed by atoms with Crippen molar-refractivity contribution in [1.29, 1.82) is 0 Å². The number of hydrogen-bond donors (Lipinski definition) is 7. The second kappa shape index (κ2) is 9.96. The largest absolute Gasteiger partial charge is 0.507 e. The van der Waals surface area contributed by atoms with Crippen molar-refractivity contribution in [2.75, 3.05) is 13.2 Å². The van der Waals surface area contributed by atoms with Crippen molar-refractivity contribution >= 4 is 11.0 Å². The van der Waals surface area contributed by atoms with E-state index in [4.69, 9.17) is 13.9 Å². The molecule has 3 rings (SSSR count). The topological polar surface area (TPSA) is 190 Å². The molecule has 1 aromatic carbocycles. The lowest BCUT2D eigenvalue weighted by Gasteiger charge is -2.39. The first-order valence-corrected chi connectivity index (χ1v) is 9.87. The Morgan fingerprint density at radius 3 is 2.47 bits per heavy atom. The third kappa shape index (κ3) is 4.64. The highest BCUT2D eigenvalue weighted by Crippen LogP contribution is 2.36. The van der Waals surface area contributed by atoms with E-state index < -0.39 is 55.1 Å². The van der Waals surface area contributed by atoms with Gasteiger partial charge in [-0.05, 0) is 13.3 Å². The zero-order chi connectivity index (χ0) is 23.6. The quantitative estimate of drug-likeness (QED) is 0.245. The molecule has 11 heteroatoms. The van der Waals surface area contributed by atoms with Crippen LogP contribution >= 0.6 is 0 Å². The fourth-order valence-electron chi connectivity index (χ4n) is 3.40. The van der Waals surface area contributed by atoms with Crippen LogP contribution in [0.1, 0.15) is 18.2 Å². The third-order valence-electron chi connectivity index (χ3n) is 5.25. The van der Waals surface area contributed by atoms with E-state index in [1.807, 2.05) is 0 Å². The summed E-state index contributed by atoms with van der Waals surface area (Å²) in [4.78, 5) is 12.5. The maximum Gasteiger partial charge on any atom is 0.229 e. The monoisotopic (exact) mass is 454 g/mol. The average molecular weight is 454 g/mol. The van der Waals surface area contributed by atoms with E-state index >= 15 is 0 Å². The molecule has 0 spiro atoms. The van der Waals surface area contributed by atoms with Gasteiger partial charge < -0.3 is 49.6 Å². The summed E-state index contributed by atoms with van der Waals surface area (Å²) in [5, 5.41) is 68.6. The summed E-state index contributed by atoms with van der Waals surface area (Å²) in [5.41, 5.74) is 0.139. The van der Waals surface area contributed by atoms with Crippen LogP contribution in [0.3, 0.4) is 0 Å². The van der Waals surface area contributed by atoms with E-state index in [9.17, 15) is 40.5 Å². The Labute approximate surface area is 182 Å². The smallest absolute Gasteiger partial charge is 0.229 e. The van der Waals surface area contributed by atoms with E-state index in [1.165, 1.54) is 0 Å². The van der Waals surface area contributed by atoms with Crippen LogP contribution in [0.5, 0.6) is 11.5 Å². The number of fused-ring (bicyclic) bond motifs is 1. The van der Waals surface area contributed by atoms with Gasteiger partial charge >= 0.3 is 0 Å². The van der Waals surface area contributed by atoms with Gasteiger partial charge in [0.2, 0.25) is 6.29 Å². The predicted octanol–water partition coefficient (Wildman–Crippen LogP) is -1.35. The van der Waals surface area contributed by atoms with Gasteiger partial charge in [-0.2, -0.15) is 0 Å². The van der Waals surface area contributed by atoms with Crippen molar-refractivity contribution in [3.63, 3.8) is 0 Å². The van der Waals surface area contributed by atoms with Crippen LogP contribution in [0.4, 0.5) is 0 Å². The number of aromatic hydroxyl groups is 1. The summed E-state index contributed by atoms with van der Waals surface area (Å²) in [7, 11) is 0. The van der Waals surface area contributed by atoms with Gasteiger partial charge in [0.05, 0.1) is 13.2 Å². The fourth-order valence-corrected chi connectivity index (χ4v) is 3.40. The summed E-state index contributed by atoms with van der Waals surface area (Å²) in [6.45, 7) is 0.198. The lowest BCUT2D eigenvalue weighted by atomic mass is 9.99. The lowest BCUT2D eigenvalue weighted by Crippen LogP contribution is -2.60. The van der Waals surface area contributed by atoms with Crippen molar-refractivity contribution in [3.8, 4) is 11.5 Å². The zero-order valence-corrected chi connectivity index (χ0v) is 17.2. The Balaban J connectivity index is 2.13. The lowest BCUT2D eigenvalue weighted by molar-refractivity contribution is -0.277. The minimum Gasteiger partial charge on any atom is -0.507 e. The van der Waals surface area contributed by atoms with Crippen molar-refractivity contribution in [3.05, 3.63) is 45.3 Å². The summed E-state index contributed by atoms with van der Waals surface area (Å²) in [5.74, 6) is -0.639. The van der Waals surface area contributed by atoms with E-state index in [1.54, 1.807) is 13.0 Å². The number of rotatable bonds is 7. The van der Waals surface area contributed by atoms with E-state index in [-0.39, 0.29) is 41.1 Å². The summed E-state index contributed by atoms with van der Waals surface area (Å²) < 4.78 is 16.6. The van der Waals surface area contributed by atoms with E-state index in [0.29, 0.717) is 5.57 Å². The molecule has 0 aliphatic carbocycles. The van der Waals surface area contributed by atoms with Crippen molar-refractivity contribution in [1.82, 2.24) is 0 Å². The van der Waals surface area contributed by atoms with Crippen molar-refractivity contribution in [2.24, 2.45) is 0 Å². The SMILES string of the molecule is CC(=CCc1c(OC2OC(CO)C(O)C(O)C2O)cc(O)c2c(=O)cc(CO)oc12)CO. The van der Waals surface area contributed by atoms with Gasteiger partial charge in [0.1, 0.15) is 59.3 Å². The molecule has 2 aromatic rings. The van der Waals surface area contributed by atoms with Gasteiger partial charge in [0, 0.05) is 17.7 Å². The summed E-state index contributed by atoms with van der Waals surface area (Å²) >= 11 is 0. The molecule has 5 atom stereocenters. The number of phenols is 1. The molecule has 0 saturated carbocycles. The Bertz CT molecular complexity index is 1040. The molecule has 0 amide bonds. The average Bonchev–Trinajstić information content (AvgIpc) is 2.78. The first-order valence-electron chi connectivity index (χ1n) is 9.87. The normalized spacial score (nSPS) is 26.5. The molecule has 11 nitrogen and oxygen atoms in total. The minimum atomic E-state index is -1.70. The molecule has 176 valence electrons. The van der Waals surface area contributed by atoms with Gasteiger partial charge in [-0.1, -0.05) is 11.6 Å². The number of benzene rings is 1. The van der Waals surface area contributed by atoms with Crippen LogP contribution in [0.2, 0.25) is 0 Å². The highest BCUT2D eigenvalue weighted by Gasteiger charge is 2.45. The molecule has 1 saturated heterocycles. The van der Waals surface area contributed by atoms with Crippen LogP contribution in [-0.2, 0) is 17.8 Å². The minimum absolute atomic E-state index is 0.0593. The second-order valence-electron chi connectivity index (χ2n) is 7.54. The number of phenolic OH excluding ortho intramolecular Hbond substituents is 1. The fraction of sp³-hybridized carbons (Fsp3) is 0.476. The maximum atomic E-state index is 12.5. The molecular weight excluding hydrogens is 428 g/mol. The van der Waals surface area contributed by atoms with Crippen molar-refractivity contribution < 1.29 is 49.6 Å². The van der Waals surface area contributed by atoms with Crippen LogP contribution in [0.15, 0.2) is 33.0 Å². The first kappa shape index (κ1) is 24.1. The zero-order valence-electron chi connectivity index (χ0n) is 17.2. The molecule has 0 radical (unpaired) electrons. The van der Waals surface area contributed by atoms with Gasteiger partial charge in [0.15, 0.2) is 5.43 Å². The molecule has 32 heavy (non-hydrogen) atoms. The first-order chi connectivity index (χ1) is 15.2. The van der Waals surface area contributed by atoms with Crippen LogP contribution in [0.25, 0.3) is 11.0 Å². The predicted molar refractivity (Wildman–Crippen MR) is 109 cm³/mol. The molecule has 5 unspecified atom stereocenters. The van der Waals surface area contributed by atoms with E-state index in [0.717, 1.165) is 12.1 Å². The summed E-state index contributed by atoms with van der Waals surface area (Å²) in [6.07, 6.45) is -6.05. The number of hydrogen-bond acceptors (Lipinski definition) is 11. The maximum absolute atomic E-state index is 12.5. The van der Waals surface area contributed by atoms with Crippen LogP contribution in [0, 0.1) is 0 Å². The molecule has 1 aromatic heterocycles. The molecule has 7 N–H and O–H groups in total. The molecule has 1 aliphatic heterocycles.